The molecule has 0 saturated carbocycles. The highest BCUT2D eigenvalue weighted by atomic mass is 32.2. The molecule has 0 bridgehead atoms. The molecule has 2 N–H and O–H groups in total. The van der Waals surface area contributed by atoms with E-state index in [4.69, 9.17) is 0 Å². The van der Waals surface area contributed by atoms with Crippen LogP contribution in [-0.2, 0) is 11.2 Å². The lowest BCUT2D eigenvalue weighted by Gasteiger charge is -2.32. The molecule has 2 fully saturated rings. The zero-order valence-electron chi connectivity index (χ0n) is 19.4. The van der Waals surface area contributed by atoms with Gasteiger partial charge in [0.05, 0.1) is 6.42 Å². The predicted molar refractivity (Wildman–Crippen MR) is 137 cm³/mol. The fourth-order valence-electron chi connectivity index (χ4n) is 4.98. The molecule has 4 nitrogen and oxygen atoms in total. The summed E-state index contributed by atoms with van der Waals surface area (Å²) in [5, 5.41) is 9.57. The standard InChI is InChI=1S/C27H39N3OS/c31-27(19-24-9-5-8-23-7-1-2-11-26(23)24)30-16-12-22(13-17-30)21-32-18-4-3-14-28-20-25-10-6-15-29-25/h1-2,5,7-9,11,22,25,28-29H,3-4,6,10,12-21H2/t25-/m0/s1. The minimum absolute atomic E-state index is 0.285. The molecular formula is C27H39N3OS. The fraction of sp³-hybridized carbons (Fsp3) is 0.593. The number of carbonyl (C=O) groups is 1. The van der Waals surface area contributed by atoms with E-state index in [-0.39, 0.29) is 5.91 Å². The summed E-state index contributed by atoms with van der Waals surface area (Å²) in [6, 6.07) is 15.4. The first kappa shape index (κ1) is 23.6. The van der Waals surface area contributed by atoms with Crippen molar-refractivity contribution < 1.29 is 4.79 Å². The summed E-state index contributed by atoms with van der Waals surface area (Å²) in [6.07, 6.45) is 8.08. The highest BCUT2D eigenvalue weighted by Gasteiger charge is 2.23. The molecular weight excluding hydrogens is 414 g/mol. The van der Waals surface area contributed by atoms with E-state index >= 15 is 0 Å². The van der Waals surface area contributed by atoms with Gasteiger partial charge in [0.25, 0.3) is 0 Å². The zero-order valence-corrected chi connectivity index (χ0v) is 20.2. The predicted octanol–water partition coefficient (Wildman–Crippen LogP) is 4.48. The van der Waals surface area contributed by atoms with Crippen LogP contribution in [0.2, 0.25) is 0 Å². The number of hydrogen-bond acceptors (Lipinski definition) is 4. The number of hydrogen-bond donors (Lipinski definition) is 2. The van der Waals surface area contributed by atoms with Crippen LogP contribution in [0, 0.1) is 5.92 Å². The number of piperidine rings is 1. The second-order valence-electron chi connectivity index (χ2n) is 9.42. The second-order valence-corrected chi connectivity index (χ2v) is 10.6. The average molecular weight is 454 g/mol. The van der Waals surface area contributed by atoms with E-state index in [1.54, 1.807) is 0 Å². The van der Waals surface area contributed by atoms with Gasteiger partial charge in [0.1, 0.15) is 0 Å². The normalized spacial score (nSPS) is 19.6. The van der Waals surface area contributed by atoms with Crippen LogP contribution in [0.4, 0.5) is 0 Å². The summed E-state index contributed by atoms with van der Waals surface area (Å²) in [5.41, 5.74) is 1.15. The maximum absolute atomic E-state index is 12.9. The maximum Gasteiger partial charge on any atom is 0.227 e. The highest BCUT2D eigenvalue weighted by molar-refractivity contribution is 7.99. The molecule has 2 aliphatic heterocycles. The molecule has 1 atom stereocenters. The summed E-state index contributed by atoms with van der Waals surface area (Å²) in [6.45, 7) is 5.32. The molecule has 0 spiro atoms. The zero-order chi connectivity index (χ0) is 22.0. The molecule has 0 aromatic heterocycles. The molecule has 5 heteroatoms. The van der Waals surface area contributed by atoms with Crippen molar-refractivity contribution in [1.82, 2.24) is 15.5 Å². The van der Waals surface area contributed by atoms with E-state index in [2.05, 4.69) is 69.8 Å². The quantitative estimate of drug-likeness (QED) is 0.493. The van der Waals surface area contributed by atoms with Gasteiger partial charge >= 0.3 is 0 Å². The lowest BCUT2D eigenvalue weighted by Crippen LogP contribution is -2.39. The van der Waals surface area contributed by atoms with Crippen LogP contribution in [0.15, 0.2) is 42.5 Å². The van der Waals surface area contributed by atoms with Crippen molar-refractivity contribution in [3.8, 4) is 0 Å². The van der Waals surface area contributed by atoms with Crippen molar-refractivity contribution >= 4 is 28.4 Å². The molecule has 2 aromatic rings. The topological polar surface area (TPSA) is 44.4 Å². The summed E-state index contributed by atoms with van der Waals surface area (Å²) in [4.78, 5) is 15.0. The molecule has 0 aliphatic carbocycles. The van der Waals surface area contributed by atoms with Crippen molar-refractivity contribution in [3.63, 3.8) is 0 Å². The number of thioether (sulfide) groups is 1. The molecule has 0 radical (unpaired) electrons. The Labute approximate surface area is 197 Å². The van der Waals surface area contributed by atoms with Crippen LogP contribution in [0.1, 0.15) is 44.1 Å². The molecule has 2 heterocycles. The molecule has 0 unspecified atom stereocenters. The number of nitrogens with one attached hydrogen (secondary N) is 2. The van der Waals surface area contributed by atoms with Crippen molar-refractivity contribution in [2.45, 2.75) is 51.0 Å². The van der Waals surface area contributed by atoms with Gasteiger partial charge in [-0.1, -0.05) is 42.5 Å². The van der Waals surface area contributed by atoms with Gasteiger partial charge in [-0.05, 0) is 85.4 Å². The Morgan fingerprint density at radius 2 is 1.91 bits per heavy atom. The Hall–Kier alpha value is -1.56. The van der Waals surface area contributed by atoms with Crippen molar-refractivity contribution in [1.29, 1.82) is 0 Å². The number of amides is 1. The first-order chi connectivity index (χ1) is 15.8. The summed E-state index contributed by atoms with van der Waals surface area (Å²) in [5.74, 6) is 3.58. The lowest BCUT2D eigenvalue weighted by atomic mass is 9.97. The lowest BCUT2D eigenvalue weighted by molar-refractivity contribution is -0.131. The second kappa shape index (κ2) is 12.6. The third-order valence-corrected chi connectivity index (χ3v) is 8.27. The summed E-state index contributed by atoms with van der Waals surface area (Å²) in [7, 11) is 0. The number of fused-ring (bicyclic) bond motifs is 1. The SMILES string of the molecule is O=C(Cc1cccc2ccccc12)N1CCC(CSCCCCNC[C@@H]2CCCN2)CC1. The van der Waals surface area contributed by atoms with Gasteiger partial charge < -0.3 is 15.5 Å². The fourth-order valence-corrected chi connectivity index (χ4v) is 6.22. The largest absolute Gasteiger partial charge is 0.342 e. The first-order valence-corrected chi connectivity index (χ1v) is 13.7. The van der Waals surface area contributed by atoms with Crippen LogP contribution >= 0.6 is 11.8 Å². The van der Waals surface area contributed by atoms with Gasteiger partial charge in [0.15, 0.2) is 0 Å². The van der Waals surface area contributed by atoms with E-state index < -0.39 is 0 Å². The maximum atomic E-state index is 12.9. The first-order valence-electron chi connectivity index (χ1n) is 12.6. The van der Waals surface area contributed by atoms with Gasteiger partial charge in [-0.3, -0.25) is 4.79 Å². The Morgan fingerprint density at radius 1 is 1.06 bits per heavy atom. The van der Waals surface area contributed by atoms with E-state index in [0.717, 1.165) is 50.5 Å². The third kappa shape index (κ3) is 6.97. The van der Waals surface area contributed by atoms with Gasteiger partial charge in [-0.15, -0.1) is 0 Å². The number of benzene rings is 2. The van der Waals surface area contributed by atoms with Gasteiger partial charge in [-0.2, -0.15) is 11.8 Å². The Kier molecular flexibility index (Phi) is 9.30. The van der Waals surface area contributed by atoms with Gasteiger partial charge in [0, 0.05) is 25.7 Å². The van der Waals surface area contributed by atoms with Crippen molar-refractivity contribution in [2.24, 2.45) is 5.92 Å². The van der Waals surface area contributed by atoms with E-state index in [0.29, 0.717) is 12.5 Å². The number of rotatable bonds is 11. The Balaban J connectivity index is 1.07. The van der Waals surface area contributed by atoms with Crippen LogP contribution in [0.3, 0.4) is 0 Å². The van der Waals surface area contributed by atoms with E-state index in [1.807, 2.05) is 0 Å². The van der Waals surface area contributed by atoms with Crippen molar-refractivity contribution in [3.05, 3.63) is 48.0 Å². The number of nitrogens with zero attached hydrogens (tertiary/aromatic N) is 1. The molecule has 1 amide bonds. The summed E-state index contributed by atoms with van der Waals surface area (Å²) >= 11 is 2.11. The minimum Gasteiger partial charge on any atom is -0.342 e. The van der Waals surface area contributed by atoms with Gasteiger partial charge in [-0.25, -0.2) is 0 Å². The van der Waals surface area contributed by atoms with Crippen LogP contribution < -0.4 is 10.6 Å². The third-order valence-electron chi connectivity index (χ3n) is 6.99. The number of carbonyl (C=O) groups excluding carboxylic acids is 1. The number of likely N-dealkylation sites (tertiary alicyclic amines) is 1. The number of unbranched alkanes of at least 4 members (excludes halogenated alkanes) is 1. The Bertz CT molecular complexity index is 838. The molecule has 4 rings (SSSR count). The van der Waals surface area contributed by atoms with Gasteiger partial charge in [0.2, 0.25) is 5.91 Å². The van der Waals surface area contributed by atoms with Crippen LogP contribution in [0.25, 0.3) is 10.8 Å². The smallest absolute Gasteiger partial charge is 0.227 e. The van der Waals surface area contributed by atoms with Crippen LogP contribution in [0.5, 0.6) is 0 Å². The summed E-state index contributed by atoms with van der Waals surface area (Å²) < 4.78 is 0. The molecule has 174 valence electrons. The monoisotopic (exact) mass is 453 g/mol. The molecule has 2 aliphatic rings. The van der Waals surface area contributed by atoms with E-state index in [9.17, 15) is 4.79 Å². The molecule has 32 heavy (non-hydrogen) atoms. The Morgan fingerprint density at radius 3 is 2.75 bits per heavy atom. The van der Waals surface area contributed by atoms with E-state index in [1.165, 1.54) is 54.5 Å². The van der Waals surface area contributed by atoms with Crippen molar-refractivity contribution in [2.75, 3.05) is 44.2 Å². The molecule has 2 saturated heterocycles. The molecule has 2 aromatic carbocycles. The highest BCUT2D eigenvalue weighted by Crippen LogP contribution is 2.24. The minimum atomic E-state index is 0.285. The average Bonchev–Trinajstić information content (AvgIpc) is 3.35. The van der Waals surface area contributed by atoms with Crippen LogP contribution in [-0.4, -0.2) is 61.1 Å².